The van der Waals surface area contributed by atoms with Gasteiger partial charge in [0.2, 0.25) is 5.91 Å². The monoisotopic (exact) mass is 356 g/mol. The number of carbonyl (C=O) groups excluding carboxylic acids is 1. The van der Waals surface area contributed by atoms with Crippen LogP contribution in [0, 0.1) is 18.3 Å². The van der Waals surface area contributed by atoms with E-state index in [9.17, 15) is 4.79 Å². The summed E-state index contributed by atoms with van der Waals surface area (Å²) in [6.07, 6.45) is 9.61. The summed E-state index contributed by atoms with van der Waals surface area (Å²) in [5.74, 6) is 0.994. The highest BCUT2D eigenvalue weighted by atomic mass is 35.5. The summed E-state index contributed by atoms with van der Waals surface area (Å²) < 4.78 is 0. The molecule has 132 valence electrons. The average molecular weight is 357 g/mol. The molecular weight excluding hydrogens is 332 g/mol. The molecule has 2 aliphatic carbocycles. The Balaban J connectivity index is 1.57. The second-order valence-electron chi connectivity index (χ2n) is 8.04. The van der Waals surface area contributed by atoms with Gasteiger partial charge in [-0.3, -0.25) is 4.79 Å². The molecule has 1 amide bonds. The van der Waals surface area contributed by atoms with Crippen LogP contribution in [0.4, 0.5) is 5.69 Å². The van der Waals surface area contributed by atoms with E-state index in [-0.39, 0.29) is 11.3 Å². The molecule has 0 unspecified atom stereocenters. The predicted molar refractivity (Wildman–Crippen MR) is 103 cm³/mol. The SMILES string of the molecule is Cc1ccc2nc(Cl)ccc2c1NC(=O)CC12CCCC(CCC1)C2. The van der Waals surface area contributed by atoms with E-state index >= 15 is 0 Å². The first-order valence-corrected chi connectivity index (χ1v) is 9.78. The lowest BCUT2D eigenvalue weighted by Crippen LogP contribution is -2.36. The molecule has 2 bridgehead atoms. The topological polar surface area (TPSA) is 42.0 Å². The fourth-order valence-corrected chi connectivity index (χ4v) is 5.20. The quantitative estimate of drug-likeness (QED) is 0.697. The molecule has 2 fully saturated rings. The van der Waals surface area contributed by atoms with Gasteiger partial charge in [-0.25, -0.2) is 4.98 Å². The Kier molecular flexibility index (Phi) is 4.45. The lowest BCUT2D eigenvalue weighted by Gasteiger charge is -2.45. The Hall–Kier alpha value is -1.61. The molecular formula is C21H25ClN2O. The summed E-state index contributed by atoms with van der Waals surface area (Å²) in [6.45, 7) is 2.03. The van der Waals surface area contributed by atoms with Crippen LogP contribution in [-0.2, 0) is 4.79 Å². The largest absolute Gasteiger partial charge is 0.325 e. The fourth-order valence-electron chi connectivity index (χ4n) is 5.05. The van der Waals surface area contributed by atoms with E-state index in [1.54, 1.807) is 6.07 Å². The maximum atomic E-state index is 12.9. The number of fused-ring (bicyclic) bond motifs is 3. The van der Waals surface area contributed by atoms with Crippen LogP contribution in [0.15, 0.2) is 24.3 Å². The zero-order valence-electron chi connectivity index (χ0n) is 14.8. The number of carbonyl (C=O) groups is 1. The van der Waals surface area contributed by atoms with Crippen molar-refractivity contribution >= 4 is 34.1 Å². The third-order valence-corrected chi connectivity index (χ3v) is 6.42. The fraction of sp³-hybridized carbons (Fsp3) is 0.524. The molecule has 1 aromatic carbocycles. The highest BCUT2D eigenvalue weighted by Crippen LogP contribution is 2.51. The maximum absolute atomic E-state index is 12.9. The van der Waals surface area contributed by atoms with Gasteiger partial charge in [0, 0.05) is 11.8 Å². The van der Waals surface area contributed by atoms with Crippen molar-refractivity contribution in [1.29, 1.82) is 0 Å². The van der Waals surface area contributed by atoms with E-state index in [0.29, 0.717) is 11.6 Å². The Labute approximate surface area is 154 Å². The van der Waals surface area contributed by atoms with Gasteiger partial charge in [-0.1, -0.05) is 43.4 Å². The van der Waals surface area contributed by atoms with Crippen molar-refractivity contribution in [3.63, 3.8) is 0 Å². The third-order valence-electron chi connectivity index (χ3n) is 6.21. The van der Waals surface area contributed by atoms with Crippen molar-refractivity contribution in [3.05, 3.63) is 35.0 Å². The predicted octanol–water partition coefficient (Wildman–Crippen LogP) is 5.89. The minimum atomic E-state index is 0.146. The molecule has 3 nitrogen and oxygen atoms in total. The number of rotatable bonds is 3. The standard InChI is InChI=1S/C21H25ClN2O/c1-14-6-8-17-16(7-9-18(22)23-17)20(14)24-19(25)13-21-10-2-4-15(12-21)5-3-11-21/h6-9,15H,2-5,10-13H2,1H3,(H,24,25). The van der Waals surface area contributed by atoms with E-state index in [0.717, 1.165) is 28.1 Å². The average Bonchev–Trinajstić information content (AvgIpc) is 2.57. The van der Waals surface area contributed by atoms with E-state index < -0.39 is 0 Å². The van der Waals surface area contributed by atoms with Crippen LogP contribution in [0.25, 0.3) is 10.9 Å². The van der Waals surface area contributed by atoms with Crippen molar-refractivity contribution in [1.82, 2.24) is 4.98 Å². The number of amides is 1. The lowest BCUT2D eigenvalue weighted by atomic mass is 9.60. The van der Waals surface area contributed by atoms with Gasteiger partial charge in [0.15, 0.2) is 0 Å². The number of nitrogens with zero attached hydrogens (tertiary/aromatic N) is 1. The van der Waals surface area contributed by atoms with Crippen LogP contribution in [0.3, 0.4) is 0 Å². The van der Waals surface area contributed by atoms with Crippen LogP contribution in [0.5, 0.6) is 0 Å². The number of hydrogen-bond acceptors (Lipinski definition) is 2. The van der Waals surface area contributed by atoms with Gasteiger partial charge in [-0.15, -0.1) is 0 Å². The second-order valence-corrected chi connectivity index (χ2v) is 8.42. The molecule has 0 aliphatic heterocycles. The van der Waals surface area contributed by atoms with E-state index in [1.807, 2.05) is 25.1 Å². The van der Waals surface area contributed by atoms with Crippen molar-refractivity contribution in [2.75, 3.05) is 5.32 Å². The number of aromatic nitrogens is 1. The molecule has 0 spiro atoms. The van der Waals surface area contributed by atoms with Gasteiger partial charge >= 0.3 is 0 Å². The Morgan fingerprint density at radius 1 is 1.24 bits per heavy atom. The van der Waals surface area contributed by atoms with Gasteiger partial charge in [0.1, 0.15) is 5.15 Å². The summed E-state index contributed by atoms with van der Waals surface area (Å²) >= 11 is 6.00. The minimum Gasteiger partial charge on any atom is -0.325 e. The minimum absolute atomic E-state index is 0.146. The first-order valence-electron chi connectivity index (χ1n) is 9.40. The first kappa shape index (κ1) is 16.8. The van der Waals surface area contributed by atoms with Crippen molar-refractivity contribution < 1.29 is 4.79 Å². The molecule has 2 saturated carbocycles. The van der Waals surface area contributed by atoms with Crippen LogP contribution < -0.4 is 5.32 Å². The summed E-state index contributed by atoms with van der Waals surface area (Å²) in [6, 6.07) is 7.68. The van der Waals surface area contributed by atoms with Crippen LogP contribution in [0.1, 0.15) is 56.9 Å². The highest BCUT2D eigenvalue weighted by molar-refractivity contribution is 6.29. The van der Waals surface area contributed by atoms with Crippen molar-refractivity contribution in [2.45, 2.75) is 58.3 Å². The summed E-state index contributed by atoms with van der Waals surface area (Å²) in [5.41, 5.74) is 3.01. The normalized spacial score (nSPS) is 25.8. The molecule has 4 heteroatoms. The molecule has 0 atom stereocenters. The second kappa shape index (κ2) is 6.60. The van der Waals surface area contributed by atoms with Crippen molar-refractivity contribution in [2.24, 2.45) is 11.3 Å². The lowest BCUT2D eigenvalue weighted by molar-refractivity contribution is -0.120. The summed E-state index contributed by atoms with van der Waals surface area (Å²) in [7, 11) is 0. The van der Waals surface area contributed by atoms with Gasteiger partial charge in [-0.2, -0.15) is 0 Å². The van der Waals surface area contributed by atoms with Gasteiger partial charge < -0.3 is 5.32 Å². The number of anilines is 1. The molecule has 4 rings (SSSR count). The molecule has 25 heavy (non-hydrogen) atoms. The molecule has 2 aliphatic rings. The summed E-state index contributed by atoms with van der Waals surface area (Å²) in [5, 5.41) is 4.63. The first-order chi connectivity index (χ1) is 12.0. The molecule has 1 heterocycles. The molecule has 0 radical (unpaired) electrons. The van der Waals surface area contributed by atoms with E-state index in [1.165, 1.54) is 44.9 Å². The molecule has 2 aromatic rings. The number of hydrogen-bond donors (Lipinski definition) is 1. The van der Waals surface area contributed by atoms with Crippen molar-refractivity contribution in [3.8, 4) is 0 Å². The zero-order valence-corrected chi connectivity index (χ0v) is 15.5. The Morgan fingerprint density at radius 2 is 2.00 bits per heavy atom. The van der Waals surface area contributed by atoms with E-state index in [4.69, 9.17) is 11.6 Å². The third kappa shape index (κ3) is 3.39. The summed E-state index contributed by atoms with van der Waals surface area (Å²) in [4.78, 5) is 17.2. The number of halogens is 1. The van der Waals surface area contributed by atoms with Crippen LogP contribution in [0.2, 0.25) is 5.15 Å². The molecule has 1 aromatic heterocycles. The highest BCUT2D eigenvalue weighted by Gasteiger charge is 2.40. The van der Waals surface area contributed by atoms with Crippen LogP contribution >= 0.6 is 11.6 Å². The number of benzene rings is 1. The van der Waals surface area contributed by atoms with E-state index in [2.05, 4.69) is 10.3 Å². The number of pyridine rings is 1. The Bertz CT molecular complexity index is 807. The van der Waals surface area contributed by atoms with Gasteiger partial charge in [0.25, 0.3) is 0 Å². The van der Waals surface area contributed by atoms with Crippen LogP contribution in [-0.4, -0.2) is 10.9 Å². The smallest absolute Gasteiger partial charge is 0.224 e. The maximum Gasteiger partial charge on any atom is 0.224 e. The van der Waals surface area contributed by atoms with Gasteiger partial charge in [-0.05, 0) is 61.3 Å². The molecule has 0 saturated heterocycles. The van der Waals surface area contributed by atoms with Gasteiger partial charge in [0.05, 0.1) is 11.2 Å². The Morgan fingerprint density at radius 3 is 2.76 bits per heavy atom. The zero-order chi connectivity index (χ0) is 17.4. The number of aryl methyl sites for hydroxylation is 1. The molecule has 1 N–H and O–H groups in total. The number of nitrogens with one attached hydrogen (secondary N) is 1.